The van der Waals surface area contributed by atoms with Crippen molar-refractivity contribution in [1.82, 2.24) is 0 Å². The molecule has 1 aromatic carbocycles. The highest BCUT2D eigenvalue weighted by atomic mass is 19.1. The van der Waals surface area contributed by atoms with Crippen LogP contribution in [0.4, 0.5) is 4.39 Å². The Morgan fingerprint density at radius 2 is 1.17 bits per heavy atom. The molecule has 170 valence electrons. The highest BCUT2D eigenvalue weighted by Gasteiger charge is 2.12. The number of carbonyl (C=O) groups is 1. The molecule has 0 saturated carbocycles. The van der Waals surface area contributed by atoms with Crippen LogP contribution in [-0.4, -0.2) is 12.6 Å². The normalized spacial score (nSPS) is 12.0. The Hall–Kier alpha value is -1.64. The molecule has 0 unspecified atom stereocenters. The van der Waals surface area contributed by atoms with Gasteiger partial charge in [-0.1, -0.05) is 90.2 Å². The van der Waals surface area contributed by atoms with Gasteiger partial charge in [0.15, 0.2) is 0 Å². The molecule has 0 aromatic heterocycles. The van der Waals surface area contributed by atoms with Crippen LogP contribution in [0.2, 0.25) is 0 Å². The monoisotopic (exact) mass is 418 g/mol. The molecule has 2 nitrogen and oxygen atoms in total. The average molecular weight is 419 g/mol. The Balaban J connectivity index is 2.67. The molecule has 3 heteroatoms. The molecule has 0 fully saturated rings. The minimum atomic E-state index is -0.322. The van der Waals surface area contributed by atoms with Gasteiger partial charge in [0, 0.05) is 0 Å². The predicted molar refractivity (Wildman–Crippen MR) is 126 cm³/mol. The molecule has 0 atom stereocenters. The van der Waals surface area contributed by atoms with E-state index in [4.69, 9.17) is 4.74 Å². The van der Waals surface area contributed by atoms with Crippen LogP contribution in [-0.2, 0) is 4.74 Å². The molecule has 0 heterocycles. The third-order valence-electron chi connectivity index (χ3n) is 5.60. The van der Waals surface area contributed by atoms with Crippen molar-refractivity contribution < 1.29 is 13.9 Å². The molecule has 0 N–H and O–H groups in total. The molecule has 0 aliphatic rings. The summed E-state index contributed by atoms with van der Waals surface area (Å²) in [5.41, 5.74) is 2.25. The molecular formula is C27H43FO2. The summed E-state index contributed by atoms with van der Waals surface area (Å²) in [5.74, 6) is -0.293. The molecule has 0 saturated heterocycles. The van der Waals surface area contributed by atoms with E-state index in [2.05, 4.69) is 13.8 Å². The zero-order chi connectivity index (χ0) is 22.0. The molecule has 0 spiro atoms. The fourth-order valence-corrected chi connectivity index (χ4v) is 3.75. The SMILES string of the molecule is CCCCCCCCCC/C(F)=C(\CCCCCC)c1ccc(C(=O)OCC)cc1. The van der Waals surface area contributed by atoms with Gasteiger partial charge in [-0.25, -0.2) is 9.18 Å². The van der Waals surface area contributed by atoms with Crippen LogP contribution in [0.1, 0.15) is 127 Å². The van der Waals surface area contributed by atoms with Crippen LogP contribution in [0.3, 0.4) is 0 Å². The summed E-state index contributed by atoms with van der Waals surface area (Å²) in [6.45, 7) is 6.58. The second-order valence-corrected chi connectivity index (χ2v) is 8.22. The van der Waals surface area contributed by atoms with Gasteiger partial charge in [-0.2, -0.15) is 0 Å². The van der Waals surface area contributed by atoms with Crippen LogP contribution in [0, 0.1) is 0 Å². The first-order valence-corrected chi connectivity index (χ1v) is 12.3. The molecule has 0 amide bonds. The molecular weight excluding hydrogens is 375 g/mol. The van der Waals surface area contributed by atoms with Crippen molar-refractivity contribution in [2.24, 2.45) is 0 Å². The smallest absolute Gasteiger partial charge is 0.338 e. The quantitative estimate of drug-likeness (QED) is 0.186. The van der Waals surface area contributed by atoms with Gasteiger partial charge in [0.1, 0.15) is 5.83 Å². The van der Waals surface area contributed by atoms with Gasteiger partial charge in [-0.3, -0.25) is 0 Å². The summed E-state index contributed by atoms with van der Waals surface area (Å²) in [5, 5.41) is 0. The summed E-state index contributed by atoms with van der Waals surface area (Å²) in [4.78, 5) is 11.9. The highest BCUT2D eigenvalue weighted by Crippen LogP contribution is 2.29. The lowest BCUT2D eigenvalue weighted by Gasteiger charge is -2.12. The van der Waals surface area contributed by atoms with Crippen LogP contribution in [0.5, 0.6) is 0 Å². The third kappa shape index (κ3) is 10.9. The number of hydrogen-bond acceptors (Lipinski definition) is 2. The van der Waals surface area contributed by atoms with Gasteiger partial charge in [-0.05, 0) is 55.9 Å². The van der Waals surface area contributed by atoms with Gasteiger partial charge in [0.05, 0.1) is 12.2 Å². The topological polar surface area (TPSA) is 26.3 Å². The zero-order valence-electron chi connectivity index (χ0n) is 19.6. The van der Waals surface area contributed by atoms with E-state index >= 15 is 4.39 Å². The zero-order valence-corrected chi connectivity index (χ0v) is 19.6. The highest BCUT2D eigenvalue weighted by molar-refractivity contribution is 5.89. The number of halogens is 1. The number of ether oxygens (including phenoxy) is 1. The number of allylic oxidation sites excluding steroid dienone is 2. The molecule has 0 radical (unpaired) electrons. The van der Waals surface area contributed by atoms with Crippen molar-refractivity contribution in [2.75, 3.05) is 6.61 Å². The minimum Gasteiger partial charge on any atom is -0.462 e. The molecule has 0 bridgehead atoms. The van der Waals surface area contributed by atoms with Crippen LogP contribution in [0.15, 0.2) is 30.1 Å². The number of hydrogen-bond donors (Lipinski definition) is 0. The maximum Gasteiger partial charge on any atom is 0.338 e. The number of esters is 1. The molecule has 0 aliphatic heterocycles. The van der Waals surface area contributed by atoms with E-state index in [1.165, 1.54) is 51.4 Å². The first kappa shape index (κ1) is 26.4. The van der Waals surface area contributed by atoms with Crippen molar-refractivity contribution >= 4 is 11.5 Å². The van der Waals surface area contributed by atoms with Gasteiger partial charge < -0.3 is 4.74 Å². The Morgan fingerprint density at radius 1 is 0.700 bits per heavy atom. The first-order chi connectivity index (χ1) is 14.6. The number of benzene rings is 1. The summed E-state index contributed by atoms with van der Waals surface area (Å²) < 4.78 is 20.2. The number of carbonyl (C=O) groups excluding carboxylic acids is 1. The van der Waals surface area contributed by atoms with Gasteiger partial charge in [0.2, 0.25) is 0 Å². The van der Waals surface area contributed by atoms with Crippen LogP contribution < -0.4 is 0 Å². The van der Waals surface area contributed by atoms with Crippen molar-refractivity contribution in [3.05, 3.63) is 41.2 Å². The molecule has 1 aromatic rings. The Kier molecular flexibility index (Phi) is 15.0. The largest absolute Gasteiger partial charge is 0.462 e. The second-order valence-electron chi connectivity index (χ2n) is 8.22. The summed E-state index contributed by atoms with van der Waals surface area (Å²) in [6.07, 6.45) is 15.5. The Morgan fingerprint density at radius 3 is 1.73 bits per heavy atom. The Bertz CT molecular complexity index is 604. The third-order valence-corrected chi connectivity index (χ3v) is 5.60. The molecule has 30 heavy (non-hydrogen) atoms. The summed E-state index contributed by atoms with van der Waals surface area (Å²) in [7, 11) is 0. The van der Waals surface area contributed by atoms with Crippen LogP contribution in [0.25, 0.3) is 5.57 Å². The van der Waals surface area contributed by atoms with Crippen molar-refractivity contribution in [2.45, 2.75) is 111 Å². The van der Waals surface area contributed by atoms with Gasteiger partial charge >= 0.3 is 5.97 Å². The van der Waals surface area contributed by atoms with E-state index in [1.54, 1.807) is 19.1 Å². The lowest BCUT2D eigenvalue weighted by atomic mass is 9.95. The van der Waals surface area contributed by atoms with E-state index in [0.717, 1.165) is 43.2 Å². The number of rotatable bonds is 17. The second kappa shape index (κ2) is 17.1. The van der Waals surface area contributed by atoms with E-state index < -0.39 is 0 Å². The summed E-state index contributed by atoms with van der Waals surface area (Å²) >= 11 is 0. The van der Waals surface area contributed by atoms with Crippen LogP contribution >= 0.6 is 0 Å². The minimum absolute atomic E-state index is 0.0290. The first-order valence-electron chi connectivity index (χ1n) is 12.3. The number of unbranched alkanes of at least 4 members (excludes halogenated alkanes) is 10. The lowest BCUT2D eigenvalue weighted by Crippen LogP contribution is -2.04. The maximum atomic E-state index is 15.1. The van der Waals surface area contributed by atoms with E-state index in [0.29, 0.717) is 18.6 Å². The standard InChI is InChI=1S/C27H43FO2/c1-4-7-9-11-12-13-14-16-18-26(28)25(17-15-10-8-5-2)23-19-21-24(22-20-23)27(29)30-6-3/h19-22H,4-18H2,1-3H3/b26-25-. The molecule has 1 rings (SSSR count). The lowest BCUT2D eigenvalue weighted by molar-refractivity contribution is 0.0526. The van der Waals surface area contributed by atoms with Gasteiger partial charge in [-0.15, -0.1) is 0 Å². The Labute approximate surface area is 184 Å². The van der Waals surface area contributed by atoms with E-state index in [1.807, 2.05) is 12.1 Å². The predicted octanol–water partition coefficient (Wildman–Crippen LogP) is 9.05. The fourth-order valence-electron chi connectivity index (χ4n) is 3.75. The fraction of sp³-hybridized carbons (Fsp3) is 0.667. The van der Waals surface area contributed by atoms with Crippen molar-refractivity contribution in [3.63, 3.8) is 0 Å². The van der Waals surface area contributed by atoms with E-state index in [9.17, 15) is 4.79 Å². The maximum absolute atomic E-state index is 15.1. The average Bonchev–Trinajstić information content (AvgIpc) is 2.76. The van der Waals surface area contributed by atoms with E-state index in [-0.39, 0.29) is 11.8 Å². The van der Waals surface area contributed by atoms with Crippen molar-refractivity contribution in [1.29, 1.82) is 0 Å². The molecule has 0 aliphatic carbocycles. The van der Waals surface area contributed by atoms with Gasteiger partial charge in [0.25, 0.3) is 0 Å². The summed E-state index contributed by atoms with van der Waals surface area (Å²) in [6, 6.07) is 7.25. The van der Waals surface area contributed by atoms with Crippen molar-refractivity contribution in [3.8, 4) is 0 Å².